The van der Waals surface area contributed by atoms with E-state index < -0.39 is 10.4 Å². The van der Waals surface area contributed by atoms with Crippen LogP contribution in [0.1, 0.15) is 34.1 Å². The van der Waals surface area contributed by atoms with E-state index in [4.69, 9.17) is 0 Å². The van der Waals surface area contributed by atoms with Crippen molar-refractivity contribution >= 4 is 16.3 Å². The number of rotatable bonds is 7. The molecule has 0 aromatic rings. The summed E-state index contributed by atoms with van der Waals surface area (Å²) in [7, 11) is -0.188. The lowest BCUT2D eigenvalue weighted by atomic mass is 10.3. The third kappa shape index (κ3) is 12.5. The molecular weight excluding hydrogens is 296 g/mol. The van der Waals surface area contributed by atoms with Crippen LogP contribution < -0.4 is 5.32 Å². The Morgan fingerprint density at radius 3 is 2.10 bits per heavy atom. The molecule has 8 heteroatoms. The average molecular weight is 324 g/mol. The SMILES string of the molecule is C=C(C)C(=O)NC(C)[N+](C)(C)CCC.CCOS(=O)(=O)[O-]. The van der Waals surface area contributed by atoms with Gasteiger partial charge in [-0.05, 0) is 20.3 Å². The van der Waals surface area contributed by atoms with Crippen LogP contribution in [0.5, 0.6) is 0 Å². The molecule has 0 heterocycles. The van der Waals surface area contributed by atoms with E-state index in [2.05, 4.69) is 37.1 Å². The molecule has 1 atom stereocenters. The average Bonchev–Trinajstić information content (AvgIpc) is 2.27. The number of nitrogens with zero attached hydrogens (tertiary/aromatic N) is 1. The third-order valence-corrected chi connectivity index (χ3v) is 3.36. The van der Waals surface area contributed by atoms with E-state index in [0.717, 1.165) is 17.4 Å². The van der Waals surface area contributed by atoms with Gasteiger partial charge in [0.15, 0.2) is 6.17 Å². The summed E-state index contributed by atoms with van der Waals surface area (Å²) in [6.07, 6.45) is 1.24. The molecule has 126 valence electrons. The molecule has 0 aromatic heterocycles. The summed E-state index contributed by atoms with van der Waals surface area (Å²) >= 11 is 0. The van der Waals surface area contributed by atoms with Crippen molar-refractivity contribution in [2.45, 2.75) is 40.3 Å². The Morgan fingerprint density at radius 2 is 1.86 bits per heavy atom. The fourth-order valence-corrected chi connectivity index (χ4v) is 1.69. The molecule has 0 radical (unpaired) electrons. The first-order valence-electron chi connectivity index (χ1n) is 6.76. The normalized spacial score (nSPS) is 12.9. The fourth-order valence-electron chi connectivity index (χ4n) is 1.40. The molecule has 0 aliphatic carbocycles. The second kappa shape index (κ2) is 9.88. The Balaban J connectivity index is 0. The molecule has 0 aliphatic rings. The minimum absolute atomic E-state index is 0.0557. The molecule has 21 heavy (non-hydrogen) atoms. The highest BCUT2D eigenvalue weighted by Gasteiger charge is 2.24. The molecule has 0 spiro atoms. The van der Waals surface area contributed by atoms with Crippen LogP contribution in [-0.4, -0.2) is 56.8 Å². The van der Waals surface area contributed by atoms with E-state index in [1.807, 2.05) is 6.92 Å². The van der Waals surface area contributed by atoms with Crippen LogP contribution in [0.25, 0.3) is 0 Å². The van der Waals surface area contributed by atoms with E-state index in [-0.39, 0.29) is 18.7 Å². The minimum Gasteiger partial charge on any atom is -0.726 e. The molecule has 0 aromatic carbocycles. The van der Waals surface area contributed by atoms with Gasteiger partial charge in [-0.15, -0.1) is 0 Å². The molecule has 1 amide bonds. The van der Waals surface area contributed by atoms with Crippen LogP contribution in [0.2, 0.25) is 0 Å². The van der Waals surface area contributed by atoms with Crippen molar-refractivity contribution in [3.63, 3.8) is 0 Å². The van der Waals surface area contributed by atoms with E-state index in [1.165, 1.54) is 6.92 Å². The summed E-state index contributed by atoms with van der Waals surface area (Å²) in [6.45, 7) is 11.9. The summed E-state index contributed by atoms with van der Waals surface area (Å²) in [6, 6.07) is 0. The Morgan fingerprint density at radius 1 is 1.38 bits per heavy atom. The van der Waals surface area contributed by atoms with E-state index in [9.17, 15) is 17.8 Å². The van der Waals surface area contributed by atoms with E-state index >= 15 is 0 Å². The van der Waals surface area contributed by atoms with Crippen LogP contribution in [0.3, 0.4) is 0 Å². The van der Waals surface area contributed by atoms with Gasteiger partial charge < -0.3 is 14.4 Å². The summed E-state index contributed by atoms with van der Waals surface area (Å²) in [5.74, 6) is -0.0557. The van der Waals surface area contributed by atoms with Gasteiger partial charge in [-0.1, -0.05) is 13.5 Å². The molecule has 0 bridgehead atoms. The van der Waals surface area contributed by atoms with Gasteiger partial charge in [0, 0.05) is 12.5 Å². The molecule has 0 aliphatic heterocycles. The van der Waals surface area contributed by atoms with Gasteiger partial charge >= 0.3 is 0 Å². The summed E-state index contributed by atoms with van der Waals surface area (Å²) in [4.78, 5) is 11.4. The Bertz CT molecular complexity index is 432. The van der Waals surface area contributed by atoms with Crippen molar-refractivity contribution in [1.29, 1.82) is 0 Å². The van der Waals surface area contributed by atoms with Crippen LogP contribution in [0.4, 0.5) is 0 Å². The monoisotopic (exact) mass is 324 g/mol. The van der Waals surface area contributed by atoms with E-state index in [0.29, 0.717) is 5.57 Å². The summed E-state index contributed by atoms with van der Waals surface area (Å²) in [5, 5.41) is 2.94. The number of quaternary nitrogens is 1. The maximum Gasteiger partial charge on any atom is 0.250 e. The van der Waals surface area contributed by atoms with Crippen molar-refractivity contribution in [3.05, 3.63) is 12.2 Å². The van der Waals surface area contributed by atoms with Gasteiger partial charge in [0.1, 0.15) is 0 Å². The number of hydrogen-bond acceptors (Lipinski definition) is 5. The number of amides is 1. The highest BCUT2D eigenvalue weighted by Crippen LogP contribution is 2.05. The zero-order valence-corrected chi connectivity index (χ0v) is 14.6. The van der Waals surface area contributed by atoms with Crippen LogP contribution in [0, 0.1) is 0 Å². The van der Waals surface area contributed by atoms with Crippen molar-refractivity contribution in [1.82, 2.24) is 5.32 Å². The number of hydrogen-bond donors (Lipinski definition) is 1. The number of carbonyl (C=O) groups is 1. The highest BCUT2D eigenvalue weighted by molar-refractivity contribution is 7.80. The zero-order valence-electron chi connectivity index (χ0n) is 13.8. The van der Waals surface area contributed by atoms with Crippen molar-refractivity contribution in [2.24, 2.45) is 0 Å². The van der Waals surface area contributed by atoms with Gasteiger partial charge in [0.25, 0.3) is 5.91 Å². The smallest absolute Gasteiger partial charge is 0.250 e. The molecule has 1 N–H and O–H groups in total. The van der Waals surface area contributed by atoms with Gasteiger partial charge in [-0.3, -0.25) is 8.98 Å². The van der Waals surface area contributed by atoms with Gasteiger partial charge in [0.2, 0.25) is 10.4 Å². The summed E-state index contributed by atoms with van der Waals surface area (Å²) < 4.78 is 32.8. The third-order valence-electron chi connectivity index (χ3n) is 2.84. The van der Waals surface area contributed by atoms with Crippen molar-refractivity contribution in [2.75, 3.05) is 27.2 Å². The Labute approximate surface area is 128 Å². The number of carbonyl (C=O) groups excluding carboxylic acids is 1. The van der Waals surface area contributed by atoms with Gasteiger partial charge in [-0.25, -0.2) is 8.42 Å². The standard InChI is InChI=1S/C11H22N2O.C2H6O4S/c1-7-8-13(5,6)10(4)12-11(14)9(2)3;1-2-6-7(3,4)5/h10H,2,7-8H2,1,3-6H3;2H2,1H3,(H,3,4,5). The lowest BCUT2D eigenvalue weighted by Gasteiger charge is -2.36. The lowest BCUT2D eigenvalue weighted by Crippen LogP contribution is -2.56. The largest absolute Gasteiger partial charge is 0.726 e. The van der Waals surface area contributed by atoms with E-state index in [1.54, 1.807) is 6.92 Å². The molecule has 0 rings (SSSR count). The fraction of sp³-hybridized carbons (Fsp3) is 0.769. The first-order valence-corrected chi connectivity index (χ1v) is 8.10. The topological polar surface area (TPSA) is 95.5 Å². The molecular formula is C13H28N2O5S. The van der Waals surface area contributed by atoms with Gasteiger partial charge in [-0.2, -0.15) is 0 Å². The van der Waals surface area contributed by atoms with Crippen molar-refractivity contribution < 1.29 is 26.4 Å². The molecule has 0 saturated carbocycles. The maximum atomic E-state index is 11.4. The first kappa shape index (κ1) is 22.3. The second-order valence-electron chi connectivity index (χ2n) is 5.25. The molecule has 7 nitrogen and oxygen atoms in total. The second-order valence-corrected chi connectivity index (χ2v) is 6.30. The molecule has 1 unspecified atom stereocenters. The zero-order chi connectivity index (χ0) is 17.3. The highest BCUT2D eigenvalue weighted by atomic mass is 32.3. The van der Waals surface area contributed by atoms with Crippen LogP contribution >= 0.6 is 0 Å². The minimum atomic E-state index is -4.42. The Hall–Kier alpha value is -0.960. The number of nitrogens with one attached hydrogen (secondary N) is 1. The maximum absolute atomic E-state index is 11.4. The first-order chi connectivity index (χ1) is 9.37. The quantitative estimate of drug-likeness (QED) is 0.248. The molecule has 0 saturated heterocycles. The molecule has 0 fully saturated rings. The lowest BCUT2D eigenvalue weighted by molar-refractivity contribution is -0.915. The van der Waals surface area contributed by atoms with Gasteiger partial charge in [0.05, 0.1) is 27.2 Å². The van der Waals surface area contributed by atoms with Crippen LogP contribution in [-0.2, 0) is 19.4 Å². The van der Waals surface area contributed by atoms with Crippen LogP contribution in [0.15, 0.2) is 12.2 Å². The summed E-state index contributed by atoms with van der Waals surface area (Å²) in [5.41, 5.74) is 0.563. The predicted molar refractivity (Wildman–Crippen MR) is 81.0 cm³/mol. The predicted octanol–water partition coefficient (Wildman–Crippen LogP) is 0.994. The Kier molecular flexibility index (Phi) is 10.5. The van der Waals surface area contributed by atoms with Crippen molar-refractivity contribution in [3.8, 4) is 0 Å².